The van der Waals surface area contributed by atoms with Gasteiger partial charge in [0.05, 0.1) is 12.2 Å². The van der Waals surface area contributed by atoms with Crippen molar-refractivity contribution in [2.45, 2.75) is 26.0 Å². The van der Waals surface area contributed by atoms with Crippen molar-refractivity contribution in [2.75, 3.05) is 11.4 Å². The molecule has 0 atom stereocenters. The van der Waals surface area contributed by atoms with Crippen molar-refractivity contribution in [1.82, 2.24) is 0 Å². The van der Waals surface area contributed by atoms with Gasteiger partial charge in [0.2, 0.25) is 0 Å². The van der Waals surface area contributed by atoms with Crippen molar-refractivity contribution in [3.05, 3.63) is 58.6 Å². The zero-order chi connectivity index (χ0) is 16.6. The molecule has 23 heavy (non-hydrogen) atoms. The van der Waals surface area contributed by atoms with Gasteiger partial charge in [-0.15, -0.1) is 0 Å². The molecule has 1 aliphatic rings. The molecule has 0 fully saturated rings. The van der Waals surface area contributed by atoms with E-state index in [2.05, 4.69) is 4.90 Å². The topological polar surface area (TPSA) is 49.8 Å². The summed E-state index contributed by atoms with van der Waals surface area (Å²) in [5.74, 6) is -0.657. The van der Waals surface area contributed by atoms with Gasteiger partial charge in [-0.2, -0.15) is 0 Å². The maximum absolute atomic E-state index is 11.5. The Bertz CT molecular complexity index is 743. The molecular weight excluding hydrogens is 314 g/mol. The van der Waals surface area contributed by atoms with E-state index in [9.17, 15) is 9.90 Å². The summed E-state index contributed by atoms with van der Waals surface area (Å²) in [4.78, 5) is 13.7. The van der Waals surface area contributed by atoms with E-state index < -0.39 is 11.6 Å². The van der Waals surface area contributed by atoms with Crippen LogP contribution in [0.5, 0.6) is 5.75 Å². The zero-order valence-corrected chi connectivity index (χ0v) is 13.8. The van der Waals surface area contributed by atoms with Gasteiger partial charge in [0.15, 0.2) is 5.75 Å². The van der Waals surface area contributed by atoms with Crippen molar-refractivity contribution >= 4 is 23.3 Å². The van der Waals surface area contributed by atoms with E-state index in [1.54, 1.807) is 6.07 Å². The SMILES string of the molecule is CC1(C)CN(Cc2ccccc2)c2cc(Cl)cc(C(=O)O)c2O1. The Morgan fingerprint density at radius 2 is 2.00 bits per heavy atom. The number of anilines is 1. The molecule has 5 heteroatoms. The second kappa shape index (κ2) is 5.78. The Kier molecular flexibility index (Phi) is 3.94. The molecule has 1 N–H and O–H groups in total. The number of hydrogen-bond donors (Lipinski definition) is 1. The monoisotopic (exact) mass is 331 g/mol. The predicted octanol–water partition coefficient (Wildman–Crippen LogP) is 4.22. The summed E-state index contributed by atoms with van der Waals surface area (Å²) in [5, 5.41) is 9.85. The Balaban J connectivity index is 2.08. The number of ether oxygens (including phenoxy) is 1. The molecular formula is C18H18ClNO3. The maximum atomic E-state index is 11.5. The smallest absolute Gasteiger partial charge is 0.339 e. The van der Waals surface area contributed by atoms with Crippen molar-refractivity contribution in [2.24, 2.45) is 0 Å². The number of halogens is 1. The van der Waals surface area contributed by atoms with Gasteiger partial charge in [0.1, 0.15) is 11.2 Å². The molecule has 0 saturated carbocycles. The van der Waals surface area contributed by atoms with Crippen LogP contribution in [0.15, 0.2) is 42.5 Å². The summed E-state index contributed by atoms with van der Waals surface area (Å²) < 4.78 is 5.95. The molecule has 2 aromatic rings. The average Bonchev–Trinajstić information content (AvgIpc) is 2.47. The van der Waals surface area contributed by atoms with Crippen LogP contribution in [-0.4, -0.2) is 23.2 Å². The number of fused-ring (bicyclic) bond motifs is 1. The molecule has 0 bridgehead atoms. The van der Waals surface area contributed by atoms with Gasteiger partial charge < -0.3 is 14.7 Å². The minimum Gasteiger partial charge on any atom is -0.483 e. The number of carboxylic acids is 1. The highest BCUT2D eigenvalue weighted by Crippen LogP contribution is 2.42. The van der Waals surface area contributed by atoms with E-state index in [0.29, 0.717) is 23.9 Å². The summed E-state index contributed by atoms with van der Waals surface area (Å²) in [5.41, 5.74) is 1.48. The van der Waals surface area contributed by atoms with Gasteiger partial charge in [0, 0.05) is 11.6 Å². The van der Waals surface area contributed by atoms with E-state index in [0.717, 1.165) is 11.3 Å². The Labute approximate surface area is 140 Å². The van der Waals surface area contributed by atoms with Gasteiger partial charge in [-0.25, -0.2) is 4.79 Å². The first-order valence-corrected chi connectivity index (χ1v) is 7.78. The molecule has 3 rings (SSSR count). The first-order valence-electron chi connectivity index (χ1n) is 7.40. The summed E-state index contributed by atoms with van der Waals surface area (Å²) in [7, 11) is 0. The van der Waals surface area contributed by atoms with Crippen LogP contribution in [0.3, 0.4) is 0 Å². The van der Waals surface area contributed by atoms with Gasteiger partial charge >= 0.3 is 5.97 Å². The van der Waals surface area contributed by atoms with Crippen LogP contribution < -0.4 is 9.64 Å². The lowest BCUT2D eigenvalue weighted by molar-refractivity contribution is 0.0670. The van der Waals surface area contributed by atoms with Gasteiger partial charge in [-0.05, 0) is 31.5 Å². The fourth-order valence-corrected chi connectivity index (χ4v) is 3.09. The third-order valence-corrected chi connectivity index (χ3v) is 3.99. The molecule has 0 radical (unpaired) electrons. The third-order valence-electron chi connectivity index (χ3n) is 3.77. The predicted molar refractivity (Wildman–Crippen MR) is 90.6 cm³/mol. The van der Waals surface area contributed by atoms with Gasteiger partial charge in [-0.1, -0.05) is 41.9 Å². The Hall–Kier alpha value is -2.20. The highest BCUT2D eigenvalue weighted by Gasteiger charge is 2.35. The third kappa shape index (κ3) is 3.27. The van der Waals surface area contributed by atoms with Crippen LogP contribution in [0, 0.1) is 0 Å². The fourth-order valence-electron chi connectivity index (χ4n) is 2.88. The van der Waals surface area contributed by atoms with E-state index in [4.69, 9.17) is 16.3 Å². The summed E-state index contributed by atoms with van der Waals surface area (Å²) >= 11 is 6.12. The van der Waals surface area contributed by atoms with Crippen LogP contribution in [-0.2, 0) is 6.54 Å². The second-order valence-corrected chi connectivity index (χ2v) is 6.75. The largest absolute Gasteiger partial charge is 0.483 e. The number of aromatic carboxylic acids is 1. The van der Waals surface area contributed by atoms with Crippen LogP contribution in [0.4, 0.5) is 5.69 Å². The normalized spacial score (nSPS) is 15.7. The van der Waals surface area contributed by atoms with Crippen molar-refractivity contribution < 1.29 is 14.6 Å². The number of hydrogen-bond acceptors (Lipinski definition) is 3. The van der Waals surface area contributed by atoms with Crippen molar-refractivity contribution in [3.63, 3.8) is 0 Å². The summed E-state index contributed by atoms with van der Waals surface area (Å²) in [6.45, 7) is 5.22. The lowest BCUT2D eigenvalue weighted by Gasteiger charge is -2.41. The molecule has 0 spiro atoms. The molecule has 0 unspecified atom stereocenters. The van der Waals surface area contributed by atoms with Crippen LogP contribution in [0.1, 0.15) is 29.8 Å². The molecule has 4 nitrogen and oxygen atoms in total. The highest BCUT2D eigenvalue weighted by molar-refractivity contribution is 6.31. The second-order valence-electron chi connectivity index (χ2n) is 6.31. The van der Waals surface area contributed by atoms with Gasteiger partial charge in [0.25, 0.3) is 0 Å². The fraction of sp³-hybridized carbons (Fsp3) is 0.278. The molecule has 0 amide bonds. The standard InChI is InChI=1S/C18H18ClNO3/c1-18(2)11-20(10-12-6-4-3-5-7-12)15-9-13(19)8-14(17(21)22)16(15)23-18/h3-9H,10-11H2,1-2H3,(H,21,22). The van der Waals surface area contributed by atoms with E-state index >= 15 is 0 Å². The van der Waals surface area contributed by atoms with E-state index in [-0.39, 0.29) is 5.56 Å². The molecule has 120 valence electrons. The minimum atomic E-state index is -1.04. The van der Waals surface area contributed by atoms with E-state index in [1.165, 1.54) is 6.07 Å². The van der Waals surface area contributed by atoms with Crippen molar-refractivity contribution in [3.8, 4) is 5.75 Å². The number of carboxylic acid groups (broad SMARTS) is 1. The number of nitrogens with zero attached hydrogens (tertiary/aromatic N) is 1. The lowest BCUT2D eigenvalue weighted by Crippen LogP contribution is -2.47. The molecule has 0 aliphatic carbocycles. The minimum absolute atomic E-state index is 0.0957. The van der Waals surface area contributed by atoms with Crippen molar-refractivity contribution in [1.29, 1.82) is 0 Å². The van der Waals surface area contributed by atoms with Crippen LogP contribution in [0.25, 0.3) is 0 Å². The first-order chi connectivity index (χ1) is 10.9. The molecule has 2 aromatic carbocycles. The van der Waals surface area contributed by atoms with Crippen LogP contribution >= 0.6 is 11.6 Å². The maximum Gasteiger partial charge on any atom is 0.339 e. The quantitative estimate of drug-likeness (QED) is 0.915. The lowest BCUT2D eigenvalue weighted by atomic mass is 10.0. The van der Waals surface area contributed by atoms with Crippen LogP contribution in [0.2, 0.25) is 5.02 Å². The summed E-state index contributed by atoms with van der Waals surface area (Å²) in [6.07, 6.45) is 0. The average molecular weight is 332 g/mol. The molecule has 1 heterocycles. The number of rotatable bonds is 3. The first kappa shape index (κ1) is 15.7. The molecule has 1 aliphatic heterocycles. The molecule has 0 aromatic heterocycles. The molecule has 0 saturated heterocycles. The summed E-state index contributed by atoms with van der Waals surface area (Å²) in [6, 6.07) is 13.2. The highest BCUT2D eigenvalue weighted by atomic mass is 35.5. The zero-order valence-electron chi connectivity index (χ0n) is 13.0. The van der Waals surface area contributed by atoms with Gasteiger partial charge in [-0.3, -0.25) is 0 Å². The Morgan fingerprint density at radius 1 is 1.30 bits per heavy atom. The number of carbonyl (C=O) groups is 1. The Morgan fingerprint density at radius 3 is 2.65 bits per heavy atom. The van der Waals surface area contributed by atoms with E-state index in [1.807, 2.05) is 44.2 Å². The number of benzene rings is 2.